The fourth-order valence-corrected chi connectivity index (χ4v) is 4.21. The topological polar surface area (TPSA) is 40.6 Å². The van der Waals surface area contributed by atoms with Gasteiger partial charge in [-0.3, -0.25) is 0 Å². The number of likely N-dealkylation sites (N-methyl/N-ethyl adjacent to an activating group) is 1. The lowest BCUT2D eigenvalue weighted by Crippen LogP contribution is -2.42. The van der Waals surface area contributed by atoms with Gasteiger partial charge in [-0.15, -0.1) is 11.3 Å². The molecule has 6 heteroatoms. The molecule has 1 aliphatic rings. The molecule has 2 aromatic rings. The molecule has 1 aromatic carbocycles. The lowest BCUT2D eigenvalue weighted by atomic mass is 10.0. The molecular formula is C21H32N4OS. The van der Waals surface area contributed by atoms with Gasteiger partial charge in [0.2, 0.25) is 0 Å². The van der Waals surface area contributed by atoms with Gasteiger partial charge in [0, 0.05) is 49.4 Å². The molecule has 148 valence electrons. The Labute approximate surface area is 167 Å². The van der Waals surface area contributed by atoms with E-state index in [9.17, 15) is 0 Å². The molecule has 0 atom stereocenters. The average molecular weight is 389 g/mol. The molecule has 1 saturated heterocycles. The van der Waals surface area contributed by atoms with E-state index in [-0.39, 0.29) is 0 Å². The van der Waals surface area contributed by atoms with Crippen LogP contribution in [0.3, 0.4) is 0 Å². The second-order valence-corrected chi connectivity index (χ2v) is 7.81. The highest BCUT2D eigenvalue weighted by Crippen LogP contribution is 2.23. The number of hydrogen-bond acceptors (Lipinski definition) is 6. The number of ether oxygens (including phenoxy) is 1. The van der Waals surface area contributed by atoms with Crippen LogP contribution >= 0.6 is 11.3 Å². The van der Waals surface area contributed by atoms with Crippen molar-refractivity contribution >= 4 is 16.5 Å². The molecule has 1 N–H and O–H groups in total. The first kappa shape index (κ1) is 20.1. The highest BCUT2D eigenvalue weighted by Gasteiger charge is 2.20. The molecule has 0 spiro atoms. The number of hydrogen-bond donors (Lipinski definition) is 1. The van der Waals surface area contributed by atoms with Gasteiger partial charge in [-0.2, -0.15) is 0 Å². The van der Waals surface area contributed by atoms with E-state index in [2.05, 4.69) is 63.6 Å². The van der Waals surface area contributed by atoms with Gasteiger partial charge in [0.1, 0.15) is 12.4 Å². The van der Waals surface area contributed by atoms with Crippen molar-refractivity contribution in [3.8, 4) is 5.75 Å². The molecule has 0 bridgehead atoms. The summed E-state index contributed by atoms with van der Waals surface area (Å²) >= 11 is 1.73. The first-order chi connectivity index (χ1) is 13.3. The number of para-hydroxylation sites is 1. The Kier molecular flexibility index (Phi) is 7.93. The number of rotatable bonds is 10. The van der Waals surface area contributed by atoms with Crippen LogP contribution in [0.5, 0.6) is 5.75 Å². The van der Waals surface area contributed by atoms with E-state index in [1.807, 2.05) is 6.20 Å². The van der Waals surface area contributed by atoms with Crippen LogP contribution in [0.2, 0.25) is 0 Å². The summed E-state index contributed by atoms with van der Waals surface area (Å²) in [5.74, 6) is 1.01. The summed E-state index contributed by atoms with van der Waals surface area (Å²) in [6.45, 7) is 11.3. The van der Waals surface area contributed by atoms with Gasteiger partial charge in [-0.1, -0.05) is 32.0 Å². The molecule has 1 aromatic heterocycles. The van der Waals surface area contributed by atoms with Crippen molar-refractivity contribution in [1.82, 2.24) is 15.2 Å². The summed E-state index contributed by atoms with van der Waals surface area (Å²) in [5.41, 5.74) is 1.25. The number of piperidine rings is 1. The quantitative estimate of drug-likeness (QED) is 0.673. The Hall–Kier alpha value is -1.63. The van der Waals surface area contributed by atoms with E-state index in [1.54, 1.807) is 11.3 Å². The van der Waals surface area contributed by atoms with E-state index >= 15 is 0 Å². The third-order valence-corrected chi connectivity index (χ3v) is 6.13. The van der Waals surface area contributed by atoms with Crippen molar-refractivity contribution < 1.29 is 4.74 Å². The minimum absolute atomic E-state index is 0.560. The maximum atomic E-state index is 6.08. The lowest BCUT2D eigenvalue weighted by molar-refractivity contribution is 0.221. The Morgan fingerprint density at radius 2 is 2.00 bits per heavy atom. The lowest BCUT2D eigenvalue weighted by Gasteiger charge is -2.32. The first-order valence-electron chi connectivity index (χ1n) is 10.1. The fraction of sp³-hybridized carbons (Fsp3) is 0.571. The molecule has 3 rings (SSSR count). The van der Waals surface area contributed by atoms with Gasteiger partial charge in [0.15, 0.2) is 5.13 Å². The third-order valence-electron chi connectivity index (χ3n) is 5.30. The van der Waals surface area contributed by atoms with Crippen molar-refractivity contribution in [2.75, 3.05) is 44.2 Å². The summed E-state index contributed by atoms with van der Waals surface area (Å²) in [7, 11) is 0. The molecule has 0 radical (unpaired) electrons. The molecule has 27 heavy (non-hydrogen) atoms. The summed E-state index contributed by atoms with van der Waals surface area (Å²) in [4.78, 5) is 9.21. The van der Waals surface area contributed by atoms with Crippen LogP contribution in [0.4, 0.5) is 5.13 Å². The second kappa shape index (κ2) is 10.6. The van der Waals surface area contributed by atoms with E-state index in [4.69, 9.17) is 4.74 Å². The predicted octanol–water partition coefficient (Wildman–Crippen LogP) is 3.62. The van der Waals surface area contributed by atoms with Crippen LogP contribution in [0.15, 0.2) is 35.8 Å². The first-order valence-corrected chi connectivity index (χ1v) is 11.0. The summed E-state index contributed by atoms with van der Waals surface area (Å²) in [6.07, 6.45) is 4.20. The third kappa shape index (κ3) is 5.92. The predicted molar refractivity (Wildman–Crippen MR) is 114 cm³/mol. The maximum absolute atomic E-state index is 6.08. The van der Waals surface area contributed by atoms with Gasteiger partial charge in [0.25, 0.3) is 0 Å². The Bertz CT molecular complexity index is 652. The molecule has 2 heterocycles. The van der Waals surface area contributed by atoms with Crippen molar-refractivity contribution in [3.63, 3.8) is 0 Å². The summed E-state index contributed by atoms with van der Waals surface area (Å²) in [6, 6.07) is 8.97. The zero-order chi connectivity index (χ0) is 18.9. The van der Waals surface area contributed by atoms with Crippen LogP contribution in [0.1, 0.15) is 32.3 Å². The molecular weight excluding hydrogens is 356 g/mol. The minimum atomic E-state index is 0.560. The van der Waals surface area contributed by atoms with E-state index < -0.39 is 0 Å². The Morgan fingerprint density at radius 3 is 2.70 bits per heavy atom. The van der Waals surface area contributed by atoms with Gasteiger partial charge < -0.3 is 19.9 Å². The number of thiazole rings is 1. The van der Waals surface area contributed by atoms with E-state index in [0.717, 1.165) is 69.6 Å². The number of anilines is 1. The summed E-state index contributed by atoms with van der Waals surface area (Å²) in [5, 5.41) is 6.94. The Balaban J connectivity index is 1.44. The molecule has 0 aliphatic carbocycles. The van der Waals surface area contributed by atoms with Gasteiger partial charge in [-0.05, 0) is 32.0 Å². The van der Waals surface area contributed by atoms with Crippen LogP contribution in [0.25, 0.3) is 0 Å². The molecule has 5 nitrogen and oxygen atoms in total. The second-order valence-electron chi connectivity index (χ2n) is 6.94. The molecule has 1 aliphatic heterocycles. The summed E-state index contributed by atoms with van der Waals surface area (Å²) < 4.78 is 6.08. The largest absolute Gasteiger partial charge is 0.492 e. The average Bonchev–Trinajstić information content (AvgIpc) is 3.26. The van der Waals surface area contributed by atoms with Crippen molar-refractivity contribution in [2.24, 2.45) is 0 Å². The maximum Gasteiger partial charge on any atom is 0.185 e. The van der Waals surface area contributed by atoms with Crippen LogP contribution in [0, 0.1) is 0 Å². The fourth-order valence-electron chi connectivity index (χ4n) is 3.52. The van der Waals surface area contributed by atoms with Crippen molar-refractivity contribution in [2.45, 2.75) is 39.3 Å². The van der Waals surface area contributed by atoms with Gasteiger partial charge >= 0.3 is 0 Å². The minimum Gasteiger partial charge on any atom is -0.492 e. The normalized spacial score (nSPS) is 15.4. The van der Waals surface area contributed by atoms with Crippen LogP contribution in [-0.2, 0) is 6.54 Å². The van der Waals surface area contributed by atoms with Crippen molar-refractivity contribution in [1.29, 1.82) is 0 Å². The van der Waals surface area contributed by atoms with Gasteiger partial charge in [-0.25, -0.2) is 4.98 Å². The molecule has 0 amide bonds. The smallest absolute Gasteiger partial charge is 0.185 e. The molecule has 0 unspecified atom stereocenters. The van der Waals surface area contributed by atoms with Crippen LogP contribution in [-0.4, -0.2) is 55.3 Å². The van der Waals surface area contributed by atoms with Gasteiger partial charge in [0.05, 0.1) is 0 Å². The van der Waals surface area contributed by atoms with Crippen LogP contribution < -0.4 is 15.0 Å². The molecule has 0 saturated carbocycles. The highest BCUT2D eigenvalue weighted by molar-refractivity contribution is 7.13. The monoisotopic (exact) mass is 388 g/mol. The number of aromatic nitrogens is 1. The van der Waals surface area contributed by atoms with Crippen molar-refractivity contribution in [3.05, 3.63) is 41.4 Å². The van der Waals surface area contributed by atoms with E-state index in [0.29, 0.717) is 6.04 Å². The Morgan fingerprint density at radius 1 is 1.22 bits per heavy atom. The van der Waals surface area contributed by atoms with E-state index in [1.165, 1.54) is 5.56 Å². The zero-order valence-corrected chi connectivity index (χ0v) is 17.4. The zero-order valence-electron chi connectivity index (χ0n) is 16.6. The SMILES string of the molecule is CCN(CC)CCOc1ccccc1CNC1CCN(c2nccs2)CC1. The highest BCUT2D eigenvalue weighted by atomic mass is 32.1. The number of benzene rings is 1. The molecule has 1 fully saturated rings. The number of nitrogens with one attached hydrogen (secondary N) is 1. The standard InChI is InChI=1S/C21H32N4OS/c1-3-24(4-2)14-15-26-20-8-6-5-7-18(20)17-23-19-9-12-25(13-10-19)21-22-11-16-27-21/h5-8,11,16,19,23H,3-4,9-10,12-15,17H2,1-2H3. The number of nitrogens with zero attached hydrogens (tertiary/aromatic N) is 3.